The number of nitrogens with one attached hydrogen (secondary N) is 2. The van der Waals surface area contributed by atoms with Gasteiger partial charge in [0.2, 0.25) is 17.8 Å². The highest BCUT2D eigenvalue weighted by Crippen LogP contribution is 2.27. The maximum atomic E-state index is 12.6. The zero-order chi connectivity index (χ0) is 29.9. The maximum Gasteiger partial charge on any atom is 0.224 e. The molecule has 4 N–H and O–H groups in total. The first-order valence-corrected chi connectivity index (χ1v) is 15.2. The number of nitrogen functional groups attached to an aromatic ring is 1. The lowest BCUT2D eigenvalue weighted by Crippen LogP contribution is -2.48. The highest BCUT2D eigenvalue weighted by atomic mass is 16.5. The number of unbranched alkanes of at least 4 members (excludes halogenated alkanes) is 2. The lowest BCUT2D eigenvalue weighted by Gasteiger charge is -2.35. The van der Waals surface area contributed by atoms with E-state index in [2.05, 4.69) is 55.2 Å². The average Bonchev–Trinajstić information content (AvgIpc) is 3.38. The molecule has 228 valence electrons. The van der Waals surface area contributed by atoms with E-state index in [1.165, 1.54) is 5.56 Å². The highest BCUT2D eigenvalue weighted by Gasteiger charge is 2.21. The quantitative estimate of drug-likeness (QED) is 0.233. The smallest absolute Gasteiger partial charge is 0.224 e. The zero-order valence-corrected chi connectivity index (χ0v) is 25.3. The van der Waals surface area contributed by atoms with E-state index < -0.39 is 0 Å². The highest BCUT2D eigenvalue weighted by molar-refractivity contribution is 5.87. The lowest BCUT2D eigenvalue weighted by atomic mass is 10.1. The maximum absolute atomic E-state index is 12.6. The van der Waals surface area contributed by atoms with Gasteiger partial charge in [0.1, 0.15) is 11.3 Å². The SMILES string of the molecule is CCCCCNc1nc(N)nc2ccn(Cc3ccc(CN4CCN(C(=O)CCNC(=O)CCC)CC4)cc3OC)c12. The van der Waals surface area contributed by atoms with Crippen LogP contribution in [0, 0.1) is 0 Å². The molecule has 1 fully saturated rings. The van der Waals surface area contributed by atoms with Crippen LogP contribution in [0.2, 0.25) is 0 Å². The molecule has 0 aliphatic carbocycles. The minimum Gasteiger partial charge on any atom is -0.496 e. The fourth-order valence-electron chi connectivity index (χ4n) is 5.36. The molecular formula is C31H46N8O3. The summed E-state index contributed by atoms with van der Waals surface area (Å²) in [6.45, 7) is 9.81. The summed E-state index contributed by atoms with van der Waals surface area (Å²) in [5.41, 5.74) is 9.97. The lowest BCUT2D eigenvalue weighted by molar-refractivity contribution is -0.133. The number of carbonyl (C=O) groups is 2. The van der Waals surface area contributed by atoms with Crippen LogP contribution in [-0.4, -0.2) is 82.5 Å². The molecule has 1 aliphatic heterocycles. The van der Waals surface area contributed by atoms with Gasteiger partial charge in [-0.3, -0.25) is 14.5 Å². The Bertz CT molecular complexity index is 1330. The number of fused-ring (bicyclic) bond motifs is 1. The number of hydrogen-bond acceptors (Lipinski definition) is 8. The standard InChI is InChI=1S/C31H46N8O3/c1-4-6-7-13-34-30-29-25(35-31(32)36-30)12-15-39(29)22-24-10-9-23(20-26(24)42-3)21-37-16-18-38(19-17-37)28(41)11-14-33-27(40)8-5-2/h9-10,12,15,20H,4-8,11,13-14,16-19,21-22H2,1-3H3,(H,33,40)(H3,32,34,35,36). The summed E-state index contributed by atoms with van der Waals surface area (Å²) in [6, 6.07) is 8.35. The van der Waals surface area contributed by atoms with Gasteiger partial charge in [0.15, 0.2) is 5.82 Å². The van der Waals surface area contributed by atoms with Crippen LogP contribution < -0.4 is 21.1 Å². The Balaban J connectivity index is 1.35. The van der Waals surface area contributed by atoms with Gasteiger partial charge < -0.3 is 30.6 Å². The van der Waals surface area contributed by atoms with Crippen LogP contribution >= 0.6 is 0 Å². The number of hydrogen-bond donors (Lipinski definition) is 3. The molecule has 11 heteroatoms. The van der Waals surface area contributed by atoms with Crippen molar-refractivity contribution in [1.82, 2.24) is 29.7 Å². The number of carbonyl (C=O) groups excluding carboxylic acids is 2. The van der Waals surface area contributed by atoms with Crippen LogP contribution in [0.4, 0.5) is 11.8 Å². The van der Waals surface area contributed by atoms with Crippen molar-refractivity contribution in [2.24, 2.45) is 0 Å². The fourth-order valence-corrected chi connectivity index (χ4v) is 5.36. The number of benzene rings is 1. The Kier molecular flexibility index (Phi) is 11.4. The molecule has 1 aromatic carbocycles. The van der Waals surface area contributed by atoms with E-state index in [1.807, 2.05) is 24.1 Å². The van der Waals surface area contributed by atoms with E-state index in [0.29, 0.717) is 39.0 Å². The first-order valence-electron chi connectivity index (χ1n) is 15.2. The summed E-state index contributed by atoms with van der Waals surface area (Å²) >= 11 is 0. The summed E-state index contributed by atoms with van der Waals surface area (Å²) in [6.07, 6.45) is 7.07. The van der Waals surface area contributed by atoms with E-state index >= 15 is 0 Å². The van der Waals surface area contributed by atoms with Crippen LogP contribution in [0.25, 0.3) is 11.0 Å². The van der Waals surface area contributed by atoms with E-state index in [4.69, 9.17) is 10.5 Å². The van der Waals surface area contributed by atoms with Crippen LogP contribution in [0.5, 0.6) is 5.75 Å². The van der Waals surface area contributed by atoms with E-state index in [9.17, 15) is 9.59 Å². The minimum atomic E-state index is 0.0112. The van der Waals surface area contributed by atoms with Crippen LogP contribution in [-0.2, 0) is 22.7 Å². The number of nitrogens with zero attached hydrogens (tertiary/aromatic N) is 5. The van der Waals surface area contributed by atoms with Gasteiger partial charge in [-0.05, 0) is 30.5 Å². The van der Waals surface area contributed by atoms with Crippen molar-refractivity contribution in [3.05, 3.63) is 41.6 Å². The Morgan fingerprint density at radius 1 is 0.976 bits per heavy atom. The number of methoxy groups -OCH3 is 1. The van der Waals surface area contributed by atoms with Crippen molar-refractivity contribution >= 4 is 34.6 Å². The summed E-state index contributed by atoms with van der Waals surface area (Å²) in [5.74, 6) is 1.97. The molecule has 42 heavy (non-hydrogen) atoms. The molecule has 1 aliphatic rings. The molecular weight excluding hydrogens is 532 g/mol. The molecule has 2 amide bonds. The van der Waals surface area contributed by atoms with Crippen LogP contribution in [0.1, 0.15) is 63.5 Å². The van der Waals surface area contributed by atoms with Crippen molar-refractivity contribution in [2.45, 2.75) is 65.5 Å². The Labute approximate surface area is 248 Å². The van der Waals surface area contributed by atoms with Gasteiger partial charge in [-0.1, -0.05) is 38.8 Å². The first-order chi connectivity index (χ1) is 20.4. The van der Waals surface area contributed by atoms with Gasteiger partial charge in [0, 0.05) is 70.4 Å². The zero-order valence-electron chi connectivity index (χ0n) is 25.3. The van der Waals surface area contributed by atoms with Gasteiger partial charge in [-0.25, -0.2) is 4.98 Å². The topological polar surface area (TPSA) is 131 Å². The van der Waals surface area contributed by atoms with Gasteiger partial charge in [0.05, 0.1) is 19.2 Å². The van der Waals surface area contributed by atoms with Gasteiger partial charge in [0.25, 0.3) is 0 Å². The number of aromatic nitrogens is 3. The van der Waals surface area contributed by atoms with Crippen LogP contribution in [0.3, 0.4) is 0 Å². The fraction of sp³-hybridized carbons (Fsp3) is 0.548. The second-order valence-corrected chi connectivity index (χ2v) is 10.9. The molecule has 4 rings (SSSR count). The summed E-state index contributed by atoms with van der Waals surface area (Å²) < 4.78 is 7.95. The number of nitrogens with two attached hydrogens (primary N) is 1. The van der Waals surface area contributed by atoms with Gasteiger partial charge in [-0.15, -0.1) is 0 Å². The van der Waals surface area contributed by atoms with E-state index in [1.54, 1.807) is 7.11 Å². The minimum absolute atomic E-state index is 0.0112. The largest absolute Gasteiger partial charge is 0.496 e. The third kappa shape index (κ3) is 8.34. The molecule has 0 spiro atoms. The number of amides is 2. The van der Waals surface area contributed by atoms with Crippen molar-refractivity contribution in [3.63, 3.8) is 0 Å². The monoisotopic (exact) mass is 578 g/mol. The second-order valence-electron chi connectivity index (χ2n) is 10.9. The summed E-state index contributed by atoms with van der Waals surface area (Å²) in [4.78, 5) is 37.4. The molecule has 0 saturated carbocycles. The Hall–Kier alpha value is -3.86. The number of rotatable bonds is 15. The summed E-state index contributed by atoms with van der Waals surface area (Å²) in [5, 5.41) is 6.28. The predicted molar refractivity (Wildman–Crippen MR) is 166 cm³/mol. The third-order valence-corrected chi connectivity index (χ3v) is 7.66. The first kappa shape index (κ1) is 31.1. The second kappa shape index (κ2) is 15.4. The Morgan fingerprint density at radius 2 is 1.79 bits per heavy atom. The van der Waals surface area contributed by atoms with Gasteiger partial charge in [-0.2, -0.15) is 4.98 Å². The normalized spacial score (nSPS) is 13.8. The molecule has 3 heterocycles. The number of piperazine rings is 1. The molecule has 1 saturated heterocycles. The molecule has 0 unspecified atom stereocenters. The predicted octanol–water partition coefficient (Wildman–Crippen LogP) is 3.62. The Morgan fingerprint density at radius 3 is 2.52 bits per heavy atom. The number of anilines is 2. The molecule has 2 aromatic heterocycles. The average molecular weight is 579 g/mol. The molecule has 0 radical (unpaired) electrons. The van der Waals surface area contributed by atoms with Crippen molar-refractivity contribution < 1.29 is 14.3 Å². The molecule has 0 atom stereocenters. The summed E-state index contributed by atoms with van der Waals surface area (Å²) in [7, 11) is 1.70. The van der Waals surface area contributed by atoms with Gasteiger partial charge >= 0.3 is 0 Å². The van der Waals surface area contributed by atoms with Crippen molar-refractivity contribution in [2.75, 3.05) is 57.4 Å². The third-order valence-electron chi connectivity index (χ3n) is 7.66. The van der Waals surface area contributed by atoms with Crippen molar-refractivity contribution in [1.29, 1.82) is 0 Å². The number of ether oxygens (including phenoxy) is 1. The molecule has 0 bridgehead atoms. The van der Waals surface area contributed by atoms with Crippen LogP contribution in [0.15, 0.2) is 30.5 Å². The van der Waals surface area contributed by atoms with E-state index in [-0.39, 0.29) is 17.8 Å². The van der Waals surface area contributed by atoms with E-state index in [0.717, 1.165) is 80.0 Å². The molecule has 3 aromatic rings. The van der Waals surface area contributed by atoms with Crippen molar-refractivity contribution in [3.8, 4) is 5.75 Å². The molecule has 11 nitrogen and oxygen atoms in total.